The average molecular weight is 384 g/mol. The van der Waals surface area contributed by atoms with Gasteiger partial charge in [-0.1, -0.05) is 42.4 Å². The molecule has 0 amide bonds. The minimum absolute atomic E-state index is 0.732. The zero-order chi connectivity index (χ0) is 19.2. The number of hydrogen-bond donors (Lipinski definition) is 0. The normalized spacial score (nSPS) is 10.8. The Morgan fingerprint density at radius 1 is 1.04 bits per heavy atom. The zero-order valence-corrected chi connectivity index (χ0v) is 17.0. The molecule has 0 unspecified atom stereocenters. The van der Waals surface area contributed by atoms with Gasteiger partial charge >= 0.3 is 0 Å². The molecule has 1 heterocycles. The van der Waals surface area contributed by atoms with Crippen molar-refractivity contribution in [3.8, 4) is 22.9 Å². The Labute approximate surface area is 164 Å². The van der Waals surface area contributed by atoms with Gasteiger partial charge in [-0.2, -0.15) is 0 Å². The van der Waals surface area contributed by atoms with Crippen LogP contribution in [0.3, 0.4) is 0 Å². The molecule has 0 saturated carbocycles. The Bertz CT molecular complexity index is 908. The van der Waals surface area contributed by atoms with Crippen molar-refractivity contribution in [2.75, 3.05) is 14.2 Å². The maximum Gasteiger partial charge on any atom is 0.191 e. The van der Waals surface area contributed by atoms with E-state index in [4.69, 9.17) is 9.47 Å². The van der Waals surface area contributed by atoms with E-state index in [1.54, 1.807) is 26.0 Å². The van der Waals surface area contributed by atoms with Crippen LogP contribution in [0.5, 0.6) is 11.5 Å². The van der Waals surface area contributed by atoms with Crippen molar-refractivity contribution in [2.45, 2.75) is 37.7 Å². The van der Waals surface area contributed by atoms with Crippen molar-refractivity contribution in [3.05, 3.63) is 53.6 Å². The summed E-state index contributed by atoms with van der Waals surface area (Å²) in [6, 6.07) is 14.2. The van der Waals surface area contributed by atoms with Gasteiger partial charge in [0.2, 0.25) is 0 Å². The third-order valence-electron chi connectivity index (χ3n) is 4.28. The molecule has 0 radical (unpaired) electrons. The van der Waals surface area contributed by atoms with E-state index in [0.717, 1.165) is 52.3 Å². The molecule has 0 atom stereocenters. The van der Waals surface area contributed by atoms with Gasteiger partial charge in [-0.3, -0.25) is 0 Å². The van der Waals surface area contributed by atoms with Gasteiger partial charge in [-0.05, 0) is 37.6 Å². The lowest BCUT2D eigenvalue weighted by Gasteiger charge is -2.12. The second-order valence-electron chi connectivity index (χ2n) is 6.29. The van der Waals surface area contributed by atoms with E-state index in [1.165, 1.54) is 5.56 Å². The summed E-state index contributed by atoms with van der Waals surface area (Å²) >= 11 is 1.66. The number of benzene rings is 2. The molecule has 142 valence electrons. The summed E-state index contributed by atoms with van der Waals surface area (Å²) in [6.07, 6.45) is 1.02. The van der Waals surface area contributed by atoms with Crippen molar-refractivity contribution in [1.82, 2.24) is 14.8 Å². The lowest BCUT2D eigenvalue weighted by molar-refractivity contribution is 0.400. The Hall–Kier alpha value is -2.47. The first-order valence-electron chi connectivity index (χ1n) is 9.00. The van der Waals surface area contributed by atoms with Crippen LogP contribution >= 0.6 is 11.8 Å². The zero-order valence-electron chi connectivity index (χ0n) is 16.2. The van der Waals surface area contributed by atoms with Crippen LogP contribution in [0.4, 0.5) is 0 Å². The number of aromatic nitrogens is 3. The monoisotopic (exact) mass is 383 g/mol. The summed E-state index contributed by atoms with van der Waals surface area (Å²) in [7, 11) is 3.36. The fourth-order valence-electron chi connectivity index (χ4n) is 2.96. The van der Waals surface area contributed by atoms with Gasteiger partial charge in [0.1, 0.15) is 11.5 Å². The van der Waals surface area contributed by atoms with E-state index < -0.39 is 0 Å². The number of hydrogen-bond acceptors (Lipinski definition) is 5. The van der Waals surface area contributed by atoms with Crippen molar-refractivity contribution >= 4 is 11.8 Å². The number of ether oxygens (including phenoxy) is 2. The topological polar surface area (TPSA) is 49.2 Å². The summed E-state index contributed by atoms with van der Waals surface area (Å²) in [5.41, 5.74) is 3.39. The summed E-state index contributed by atoms with van der Waals surface area (Å²) in [4.78, 5) is 0. The second kappa shape index (κ2) is 8.95. The summed E-state index contributed by atoms with van der Waals surface area (Å²) in [6.45, 7) is 5.14. The smallest absolute Gasteiger partial charge is 0.191 e. The third-order valence-corrected chi connectivity index (χ3v) is 5.30. The predicted molar refractivity (Wildman–Crippen MR) is 110 cm³/mol. The lowest BCUT2D eigenvalue weighted by Crippen LogP contribution is -2.02. The Morgan fingerprint density at radius 2 is 1.89 bits per heavy atom. The SMILES string of the molecule is CCCn1c(SCc2cc(OC)ccc2OC)nnc1-c1cccc(C)c1. The predicted octanol–water partition coefficient (Wildman–Crippen LogP) is 4.97. The van der Waals surface area contributed by atoms with Gasteiger partial charge in [0.05, 0.1) is 14.2 Å². The van der Waals surface area contributed by atoms with Crippen molar-refractivity contribution < 1.29 is 9.47 Å². The summed E-state index contributed by atoms with van der Waals surface area (Å²) in [5.74, 6) is 3.32. The van der Waals surface area contributed by atoms with Crippen LogP contribution in [0, 0.1) is 6.92 Å². The molecular weight excluding hydrogens is 358 g/mol. The highest BCUT2D eigenvalue weighted by Crippen LogP contribution is 2.32. The van der Waals surface area contributed by atoms with Crippen LogP contribution in [0.15, 0.2) is 47.6 Å². The molecule has 27 heavy (non-hydrogen) atoms. The van der Waals surface area contributed by atoms with E-state index in [1.807, 2.05) is 18.2 Å². The maximum atomic E-state index is 5.49. The van der Waals surface area contributed by atoms with Gasteiger partial charge in [0, 0.05) is 23.4 Å². The highest BCUT2D eigenvalue weighted by Gasteiger charge is 2.15. The maximum absolute atomic E-state index is 5.49. The summed E-state index contributed by atoms with van der Waals surface area (Å²) in [5, 5.41) is 9.84. The average Bonchev–Trinajstić information content (AvgIpc) is 3.09. The fourth-order valence-corrected chi connectivity index (χ4v) is 3.90. The number of methoxy groups -OCH3 is 2. The molecule has 0 fully saturated rings. The van der Waals surface area contributed by atoms with E-state index in [2.05, 4.69) is 52.9 Å². The van der Waals surface area contributed by atoms with E-state index >= 15 is 0 Å². The van der Waals surface area contributed by atoms with Crippen molar-refractivity contribution in [2.24, 2.45) is 0 Å². The number of nitrogens with zero attached hydrogens (tertiary/aromatic N) is 3. The minimum atomic E-state index is 0.732. The van der Waals surface area contributed by atoms with Crippen molar-refractivity contribution in [3.63, 3.8) is 0 Å². The summed E-state index contributed by atoms with van der Waals surface area (Å²) < 4.78 is 13.0. The molecule has 1 aromatic heterocycles. The van der Waals surface area contributed by atoms with Gasteiger partial charge in [0.15, 0.2) is 11.0 Å². The molecular formula is C21H25N3O2S. The van der Waals surface area contributed by atoms with Crippen LogP contribution in [0.25, 0.3) is 11.4 Å². The van der Waals surface area contributed by atoms with Gasteiger partial charge in [0.25, 0.3) is 0 Å². The lowest BCUT2D eigenvalue weighted by atomic mass is 10.1. The largest absolute Gasteiger partial charge is 0.497 e. The highest BCUT2D eigenvalue weighted by atomic mass is 32.2. The molecule has 0 aliphatic heterocycles. The van der Waals surface area contributed by atoms with Crippen LogP contribution < -0.4 is 9.47 Å². The van der Waals surface area contributed by atoms with Crippen LogP contribution in [-0.4, -0.2) is 29.0 Å². The van der Waals surface area contributed by atoms with Crippen LogP contribution in [0.1, 0.15) is 24.5 Å². The Morgan fingerprint density at radius 3 is 2.59 bits per heavy atom. The molecule has 3 rings (SSSR count). The molecule has 0 bridgehead atoms. The van der Waals surface area contributed by atoms with Gasteiger partial charge in [-0.25, -0.2) is 0 Å². The molecule has 0 spiro atoms. The molecule has 0 saturated heterocycles. The van der Waals surface area contributed by atoms with Gasteiger partial charge < -0.3 is 14.0 Å². The van der Waals surface area contributed by atoms with E-state index in [-0.39, 0.29) is 0 Å². The molecule has 0 aliphatic carbocycles. The first-order chi connectivity index (χ1) is 13.2. The molecule has 3 aromatic rings. The molecule has 2 aromatic carbocycles. The fraction of sp³-hybridized carbons (Fsp3) is 0.333. The standard InChI is InChI=1S/C21H25N3O2S/c1-5-11-24-20(16-8-6-7-15(2)12-16)22-23-21(24)27-14-17-13-18(25-3)9-10-19(17)26-4/h6-10,12-13H,5,11,14H2,1-4H3. The quantitative estimate of drug-likeness (QED) is 0.514. The second-order valence-corrected chi connectivity index (χ2v) is 7.24. The first-order valence-corrected chi connectivity index (χ1v) is 9.98. The highest BCUT2D eigenvalue weighted by molar-refractivity contribution is 7.98. The molecule has 0 aliphatic rings. The number of aryl methyl sites for hydroxylation is 1. The van der Waals surface area contributed by atoms with Crippen molar-refractivity contribution in [1.29, 1.82) is 0 Å². The minimum Gasteiger partial charge on any atom is -0.497 e. The molecule has 6 heteroatoms. The Kier molecular flexibility index (Phi) is 6.40. The Balaban J connectivity index is 1.88. The first kappa shape index (κ1) is 19.3. The molecule has 5 nitrogen and oxygen atoms in total. The van der Waals surface area contributed by atoms with Crippen LogP contribution in [-0.2, 0) is 12.3 Å². The number of rotatable bonds is 8. The third kappa shape index (κ3) is 4.45. The van der Waals surface area contributed by atoms with Crippen LogP contribution in [0.2, 0.25) is 0 Å². The van der Waals surface area contributed by atoms with E-state index in [9.17, 15) is 0 Å². The van der Waals surface area contributed by atoms with E-state index in [0.29, 0.717) is 0 Å². The number of thioether (sulfide) groups is 1. The molecule has 0 N–H and O–H groups in total. The van der Waals surface area contributed by atoms with Gasteiger partial charge in [-0.15, -0.1) is 10.2 Å².